The van der Waals surface area contributed by atoms with Crippen LogP contribution >= 0.6 is 0 Å². The van der Waals surface area contributed by atoms with Crippen LogP contribution in [0.3, 0.4) is 0 Å². The summed E-state index contributed by atoms with van der Waals surface area (Å²) in [7, 11) is 0. The lowest BCUT2D eigenvalue weighted by molar-refractivity contribution is -0.119. The fourth-order valence-electron chi connectivity index (χ4n) is 3.83. The normalized spacial score (nSPS) is 12.9. The number of fused-ring (bicyclic) bond motifs is 1. The Hall–Kier alpha value is -4.20. The van der Waals surface area contributed by atoms with Gasteiger partial charge < -0.3 is 20.0 Å². The Balaban J connectivity index is 1.37. The summed E-state index contributed by atoms with van der Waals surface area (Å²) in [4.78, 5) is 39.1. The molecule has 7 nitrogen and oxygen atoms in total. The number of benzene rings is 2. The minimum atomic E-state index is -0.410. The Morgan fingerprint density at radius 3 is 2.65 bits per heavy atom. The highest BCUT2D eigenvalue weighted by Crippen LogP contribution is 2.33. The summed E-state index contributed by atoms with van der Waals surface area (Å²) in [6, 6.07) is 14.2. The largest absolute Gasteiger partial charge is 0.465 e. The van der Waals surface area contributed by atoms with E-state index in [0.717, 1.165) is 17.7 Å². The topological polar surface area (TPSA) is 91.7 Å². The molecule has 0 atom stereocenters. The van der Waals surface area contributed by atoms with E-state index in [1.807, 2.05) is 6.07 Å². The number of nitrogens with zero attached hydrogens (tertiary/aromatic N) is 1. The number of amides is 3. The molecule has 1 aliphatic heterocycles. The van der Waals surface area contributed by atoms with Crippen molar-refractivity contribution in [3.8, 4) is 0 Å². The van der Waals surface area contributed by atoms with Crippen molar-refractivity contribution in [2.24, 2.45) is 0 Å². The average molecular weight is 461 g/mol. The Morgan fingerprint density at radius 1 is 1.06 bits per heavy atom. The number of hydrogen-bond acceptors (Lipinski definition) is 4. The zero-order valence-corrected chi connectivity index (χ0v) is 18.4. The molecule has 0 aliphatic carbocycles. The lowest BCUT2D eigenvalue weighted by Crippen LogP contribution is -2.38. The molecular weight excluding hydrogens is 437 g/mol. The predicted octanol–water partition coefficient (Wildman–Crippen LogP) is 4.17. The third kappa shape index (κ3) is 5.58. The Kier molecular flexibility index (Phi) is 7.17. The zero-order valence-electron chi connectivity index (χ0n) is 18.4. The van der Waals surface area contributed by atoms with Gasteiger partial charge in [-0.2, -0.15) is 0 Å². The van der Waals surface area contributed by atoms with Crippen molar-refractivity contribution in [2.75, 3.05) is 23.3 Å². The van der Waals surface area contributed by atoms with E-state index in [9.17, 15) is 18.8 Å². The van der Waals surface area contributed by atoms with Gasteiger partial charge in [0.25, 0.3) is 5.91 Å². The Labute approximate surface area is 196 Å². The number of furan rings is 1. The van der Waals surface area contributed by atoms with E-state index in [2.05, 4.69) is 10.6 Å². The van der Waals surface area contributed by atoms with Gasteiger partial charge in [-0.1, -0.05) is 6.07 Å². The monoisotopic (exact) mass is 461 g/mol. The van der Waals surface area contributed by atoms with Gasteiger partial charge in [-0.15, -0.1) is 0 Å². The molecule has 3 aromatic rings. The number of hydrogen-bond donors (Lipinski definition) is 2. The molecule has 34 heavy (non-hydrogen) atoms. The van der Waals surface area contributed by atoms with Crippen LogP contribution in [0.15, 0.2) is 71.4 Å². The van der Waals surface area contributed by atoms with Crippen LogP contribution in [0.1, 0.15) is 34.5 Å². The van der Waals surface area contributed by atoms with Crippen molar-refractivity contribution in [1.29, 1.82) is 0 Å². The van der Waals surface area contributed by atoms with Crippen molar-refractivity contribution < 1.29 is 23.2 Å². The molecule has 3 amide bonds. The van der Waals surface area contributed by atoms with Crippen LogP contribution in [0.4, 0.5) is 15.8 Å². The minimum Gasteiger partial charge on any atom is -0.465 e. The van der Waals surface area contributed by atoms with Crippen molar-refractivity contribution in [1.82, 2.24) is 5.32 Å². The first-order chi connectivity index (χ1) is 16.5. The number of carbonyl (C=O) groups excluding carboxylic acids is 3. The molecule has 8 heteroatoms. The van der Waals surface area contributed by atoms with Crippen molar-refractivity contribution >= 4 is 35.2 Å². The second kappa shape index (κ2) is 10.6. The smallest absolute Gasteiger partial charge is 0.255 e. The zero-order chi connectivity index (χ0) is 23.9. The Bertz CT molecular complexity index is 1200. The van der Waals surface area contributed by atoms with Gasteiger partial charge in [-0.05, 0) is 73.0 Å². The first-order valence-electron chi connectivity index (χ1n) is 11.0. The molecule has 0 spiro atoms. The van der Waals surface area contributed by atoms with Gasteiger partial charge >= 0.3 is 0 Å². The van der Waals surface area contributed by atoms with Gasteiger partial charge in [-0.25, -0.2) is 4.39 Å². The summed E-state index contributed by atoms with van der Waals surface area (Å²) < 4.78 is 18.3. The maximum Gasteiger partial charge on any atom is 0.255 e. The van der Waals surface area contributed by atoms with E-state index in [4.69, 9.17) is 4.42 Å². The molecule has 2 heterocycles. The third-order valence-electron chi connectivity index (χ3n) is 5.49. The fraction of sp³-hybridized carbons (Fsp3) is 0.192. The van der Waals surface area contributed by atoms with Crippen LogP contribution in [-0.2, 0) is 16.0 Å². The molecule has 4 rings (SSSR count). The molecule has 0 saturated heterocycles. The van der Waals surface area contributed by atoms with Gasteiger partial charge in [-0.3, -0.25) is 14.4 Å². The molecule has 0 fully saturated rings. The summed E-state index contributed by atoms with van der Waals surface area (Å²) in [6.07, 6.45) is 6.04. The highest BCUT2D eigenvalue weighted by atomic mass is 19.1. The van der Waals surface area contributed by atoms with E-state index >= 15 is 0 Å². The number of anilines is 2. The van der Waals surface area contributed by atoms with Gasteiger partial charge in [0.15, 0.2) is 0 Å². The first-order valence-corrected chi connectivity index (χ1v) is 11.0. The number of carbonyl (C=O) groups is 3. The van der Waals surface area contributed by atoms with Crippen molar-refractivity contribution in [2.45, 2.75) is 19.3 Å². The number of halogens is 1. The van der Waals surface area contributed by atoms with E-state index in [1.165, 1.54) is 36.6 Å². The van der Waals surface area contributed by atoms with Crippen LogP contribution in [0.2, 0.25) is 0 Å². The lowest BCUT2D eigenvalue weighted by atomic mass is 9.99. The van der Waals surface area contributed by atoms with Crippen LogP contribution in [0.5, 0.6) is 0 Å². The molecular formula is C26H24FN3O4. The van der Waals surface area contributed by atoms with Crippen molar-refractivity contribution in [3.63, 3.8) is 0 Å². The molecule has 0 saturated carbocycles. The van der Waals surface area contributed by atoms with E-state index in [-0.39, 0.29) is 30.7 Å². The fourth-order valence-corrected chi connectivity index (χ4v) is 3.83. The standard InChI is InChI=1S/C26H24FN3O4/c27-19-10-8-18(9-11-19)26(33)29-22-6-1-7-23-21(22)5-2-16-30(23)25(32)14-15-28-24(31)13-12-20-4-3-17-34-20/h1,3-4,6-13,17H,2,5,14-16H2,(H,28,31)(H,29,33)/b13-12+. The molecule has 2 N–H and O–H groups in total. The van der Waals surface area contributed by atoms with Crippen LogP contribution in [0.25, 0.3) is 6.08 Å². The SMILES string of the molecule is O=C(/C=C/c1ccco1)NCCC(=O)N1CCCc2c(NC(=O)c3ccc(F)cc3)cccc21. The van der Waals surface area contributed by atoms with Crippen LogP contribution in [-0.4, -0.2) is 30.8 Å². The second-order valence-electron chi connectivity index (χ2n) is 7.80. The van der Waals surface area contributed by atoms with Gasteiger partial charge in [0.1, 0.15) is 11.6 Å². The van der Waals surface area contributed by atoms with Gasteiger partial charge in [0.2, 0.25) is 11.8 Å². The maximum atomic E-state index is 13.2. The molecule has 0 unspecified atom stereocenters. The lowest BCUT2D eigenvalue weighted by Gasteiger charge is -2.31. The van der Waals surface area contributed by atoms with E-state index in [1.54, 1.807) is 35.2 Å². The molecule has 0 bridgehead atoms. The molecule has 1 aliphatic rings. The van der Waals surface area contributed by atoms with Crippen LogP contribution in [0, 0.1) is 5.82 Å². The third-order valence-corrected chi connectivity index (χ3v) is 5.49. The number of nitrogens with one attached hydrogen (secondary N) is 2. The van der Waals surface area contributed by atoms with Gasteiger partial charge in [0.05, 0.1) is 6.26 Å². The minimum absolute atomic E-state index is 0.113. The molecule has 2 aromatic carbocycles. The van der Waals surface area contributed by atoms with Gasteiger partial charge in [0, 0.05) is 42.5 Å². The second-order valence-corrected chi connectivity index (χ2v) is 7.80. The highest BCUT2D eigenvalue weighted by molar-refractivity contribution is 6.05. The van der Waals surface area contributed by atoms with E-state index in [0.29, 0.717) is 30.0 Å². The molecule has 174 valence electrons. The van der Waals surface area contributed by atoms with Crippen LogP contribution < -0.4 is 15.5 Å². The number of rotatable bonds is 7. The quantitative estimate of drug-likeness (QED) is 0.517. The first kappa shape index (κ1) is 23.0. The summed E-state index contributed by atoms with van der Waals surface area (Å²) in [5.74, 6) is -0.611. The van der Waals surface area contributed by atoms with E-state index < -0.39 is 5.82 Å². The molecule has 0 radical (unpaired) electrons. The Morgan fingerprint density at radius 2 is 1.88 bits per heavy atom. The molecule has 1 aromatic heterocycles. The highest BCUT2D eigenvalue weighted by Gasteiger charge is 2.24. The maximum absolute atomic E-state index is 13.2. The summed E-state index contributed by atoms with van der Waals surface area (Å²) in [5.41, 5.74) is 2.60. The summed E-state index contributed by atoms with van der Waals surface area (Å²) in [5, 5.41) is 5.58. The summed E-state index contributed by atoms with van der Waals surface area (Å²) in [6.45, 7) is 0.764. The average Bonchev–Trinajstić information content (AvgIpc) is 3.37. The van der Waals surface area contributed by atoms with Crippen molar-refractivity contribution in [3.05, 3.63) is 89.6 Å². The predicted molar refractivity (Wildman–Crippen MR) is 127 cm³/mol. The summed E-state index contributed by atoms with van der Waals surface area (Å²) >= 11 is 0.